The normalized spacial score (nSPS) is 21.7. The molecule has 2 aromatic rings. The highest BCUT2D eigenvalue weighted by Crippen LogP contribution is 2.34. The number of likely N-dealkylation sites (tertiary alicyclic amines) is 1. The lowest BCUT2D eigenvalue weighted by molar-refractivity contribution is -0.123. The van der Waals surface area contributed by atoms with Crippen LogP contribution in [-0.2, 0) is 17.6 Å². The molecule has 0 radical (unpaired) electrons. The van der Waals surface area contributed by atoms with Gasteiger partial charge in [0.05, 0.1) is 6.04 Å². The van der Waals surface area contributed by atoms with Crippen LogP contribution in [0.1, 0.15) is 42.2 Å². The van der Waals surface area contributed by atoms with Crippen molar-refractivity contribution in [2.75, 3.05) is 32.8 Å². The molecule has 3 heterocycles. The van der Waals surface area contributed by atoms with Crippen molar-refractivity contribution in [2.24, 2.45) is 5.92 Å². The number of aliphatic hydroxyl groups is 1. The molecule has 7 nitrogen and oxygen atoms in total. The monoisotopic (exact) mass is 437 g/mol. The van der Waals surface area contributed by atoms with Crippen molar-refractivity contribution in [1.82, 2.24) is 15.2 Å². The van der Waals surface area contributed by atoms with E-state index in [1.807, 2.05) is 30.5 Å². The molecule has 0 bridgehead atoms. The van der Waals surface area contributed by atoms with Gasteiger partial charge >= 0.3 is 0 Å². The third-order valence-corrected chi connectivity index (χ3v) is 6.74. The maximum Gasteiger partial charge on any atom is 0.220 e. The van der Waals surface area contributed by atoms with Crippen LogP contribution in [0.25, 0.3) is 0 Å². The first-order valence-electron chi connectivity index (χ1n) is 11.7. The number of ether oxygens (including phenoxy) is 2. The van der Waals surface area contributed by atoms with Crippen molar-refractivity contribution in [3.05, 3.63) is 53.3 Å². The summed E-state index contributed by atoms with van der Waals surface area (Å²) in [5.74, 6) is 1.60. The maximum atomic E-state index is 13.0. The summed E-state index contributed by atoms with van der Waals surface area (Å²) in [4.78, 5) is 19.8. The summed E-state index contributed by atoms with van der Waals surface area (Å²) in [5.41, 5.74) is 3.08. The van der Waals surface area contributed by atoms with Gasteiger partial charge in [0.2, 0.25) is 5.91 Å². The molecule has 1 unspecified atom stereocenters. The summed E-state index contributed by atoms with van der Waals surface area (Å²) in [6, 6.07) is 9.20. The number of pyridine rings is 1. The molecule has 0 saturated carbocycles. The quantitative estimate of drug-likeness (QED) is 0.692. The summed E-state index contributed by atoms with van der Waals surface area (Å²) < 4.78 is 11.3. The highest BCUT2D eigenvalue weighted by Gasteiger charge is 2.30. The van der Waals surface area contributed by atoms with Crippen molar-refractivity contribution in [2.45, 2.75) is 44.2 Å². The zero-order valence-corrected chi connectivity index (χ0v) is 18.3. The van der Waals surface area contributed by atoms with Gasteiger partial charge in [-0.1, -0.05) is 12.1 Å². The smallest absolute Gasteiger partial charge is 0.220 e. The second-order valence-corrected chi connectivity index (χ2v) is 9.12. The van der Waals surface area contributed by atoms with E-state index in [2.05, 4.69) is 21.3 Å². The van der Waals surface area contributed by atoms with Gasteiger partial charge in [-0.25, -0.2) is 0 Å². The number of amides is 1. The van der Waals surface area contributed by atoms with Crippen LogP contribution in [0.2, 0.25) is 0 Å². The minimum atomic E-state index is -0.821. The number of hydrogen-bond acceptors (Lipinski definition) is 6. The van der Waals surface area contributed by atoms with E-state index in [1.54, 1.807) is 0 Å². The molecule has 2 N–H and O–H groups in total. The molecule has 1 saturated heterocycles. The van der Waals surface area contributed by atoms with E-state index in [0.717, 1.165) is 50.0 Å². The highest BCUT2D eigenvalue weighted by molar-refractivity contribution is 5.77. The number of nitrogens with one attached hydrogen (secondary N) is 1. The number of fused-ring (bicyclic) bond motifs is 2. The van der Waals surface area contributed by atoms with Gasteiger partial charge in [0.15, 0.2) is 11.5 Å². The third kappa shape index (κ3) is 4.74. The molecule has 0 spiro atoms. The molecule has 5 rings (SSSR count). The predicted molar refractivity (Wildman–Crippen MR) is 120 cm³/mol. The molecule has 3 aliphatic rings. The number of nitrogens with zero attached hydrogens (tertiary/aromatic N) is 2. The second-order valence-electron chi connectivity index (χ2n) is 9.12. The van der Waals surface area contributed by atoms with Gasteiger partial charge < -0.3 is 24.8 Å². The first kappa shape index (κ1) is 21.2. The van der Waals surface area contributed by atoms with Crippen LogP contribution < -0.4 is 14.8 Å². The van der Waals surface area contributed by atoms with Gasteiger partial charge in [-0.05, 0) is 74.0 Å². The Morgan fingerprint density at radius 2 is 1.97 bits per heavy atom. The molecule has 1 fully saturated rings. The van der Waals surface area contributed by atoms with E-state index in [0.29, 0.717) is 37.7 Å². The van der Waals surface area contributed by atoms with Gasteiger partial charge in [0.1, 0.15) is 19.3 Å². The average molecular weight is 438 g/mol. The standard InChI is InChI=1S/C25H31N3O4/c29-24(14-17-12-18-4-3-7-26-20(18)13-17)27-21(16-28-8-1-2-9-28)25(30)19-5-6-22-23(15-19)32-11-10-31-22/h3-7,15,17,21,25,30H,1-2,8-14,16H2,(H,27,29)/t17?,21-,25-/m1/s1. The van der Waals surface area contributed by atoms with Crippen molar-refractivity contribution in [3.8, 4) is 11.5 Å². The van der Waals surface area contributed by atoms with Gasteiger partial charge in [-0.15, -0.1) is 0 Å². The number of aliphatic hydroxyl groups excluding tert-OH is 1. The highest BCUT2D eigenvalue weighted by atomic mass is 16.6. The van der Waals surface area contributed by atoms with Gasteiger partial charge in [0.25, 0.3) is 0 Å². The molecule has 1 aromatic heterocycles. The largest absolute Gasteiger partial charge is 0.486 e. The summed E-state index contributed by atoms with van der Waals surface area (Å²) in [6.07, 6.45) is 5.49. The Kier molecular flexibility index (Phi) is 6.28. The predicted octanol–water partition coefficient (Wildman–Crippen LogP) is 2.27. The third-order valence-electron chi connectivity index (χ3n) is 6.74. The van der Waals surface area contributed by atoms with Crippen LogP contribution in [0.15, 0.2) is 36.5 Å². The SMILES string of the molecule is O=C(CC1Cc2cccnc2C1)N[C@H](CN1CCCC1)[C@H](O)c1ccc2c(c1)OCCO2. The summed E-state index contributed by atoms with van der Waals surface area (Å²) in [6.45, 7) is 3.67. The number of benzene rings is 1. The lowest BCUT2D eigenvalue weighted by atomic mass is 9.98. The number of hydrogen-bond donors (Lipinski definition) is 2. The topological polar surface area (TPSA) is 83.9 Å². The Morgan fingerprint density at radius 3 is 2.78 bits per heavy atom. The molecule has 7 heteroatoms. The van der Waals surface area contributed by atoms with Gasteiger partial charge in [0, 0.05) is 24.9 Å². The fraction of sp³-hybridized carbons (Fsp3) is 0.520. The minimum absolute atomic E-state index is 0.0106. The number of rotatable bonds is 7. The average Bonchev–Trinajstić information content (AvgIpc) is 3.47. The zero-order valence-electron chi connectivity index (χ0n) is 18.3. The van der Waals surface area contributed by atoms with Crippen LogP contribution in [0, 0.1) is 5.92 Å². The molecule has 1 aliphatic carbocycles. The maximum absolute atomic E-state index is 13.0. The zero-order chi connectivity index (χ0) is 21.9. The molecule has 170 valence electrons. The summed E-state index contributed by atoms with van der Waals surface area (Å²) in [5, 5.41) is 14.4. The van der Waals surface area contributed by atoms with E-state index in [9.17, 15) is 9.90 Å². The Bertz CT molecular complexity index is 935. The molecule has 1 amide bonds. The minimum Gasteiger partial charge on any atom is -0.486 e. The fourth-order valence-electron chi connectivity index (χ4n) is 5.11. The fourth-order valence-corrected chi connectivity index (χ4v) is 5.11. The summed E-state index contributed by atoms with van der Waals surface area (Å²) >= 11 is 0. The van der Waals surface area contributed by atoms with Crippen LogP contribution in [0.5, 0.6) is 11.5 Å². The van der Waals surface area contributed by atoms with Gasteiger partial charge in [-0.3, -0.25) is 9.78 Å². The van der Waals surface area contributed by atoms with Crippen molar-refractivity contribution in [3.63, 3.8) is 0 Å². The van der Waals surface area contributed by atoms with Crippen LogP contribution >= 0.6 is 0 Å². The van der Waals surface area contributed by atoms with E-state index in [1.165, 1.54) is 5.56 Å². The molecule has 1 aromatic carbocycles. The van der Waals surface area contributed by atoms with E-state index < -0.39 is 6.10 Å². The van der Waals surface area contributed by atoms with Crippen LogP contribution in [0.3, 0.4) is 0 Å². The molecule has 32 heavy (non-hydrogen) atoms. The van der Waals surface area contributed by atoms with E-state index >= 15 is 0 Å². The Morgan fingerprint density at radius 1 is 1.16 bits per heavy atom. The molecule has 3 atom stereocenters. The van der Waals surface area contributed by atoms with E-state index in [-0.39, 0.29) is 17.9 Å². The first-order chi connectivity index (χ1) is 15.7. The van der Waals surface area contributed by atoms with Gasteiger partial charge in [-0.2, -0.15) is 0 Å². The first-order valence-corrected chi connectivity index (χ1v) is 11.7. The Balaban J connectivity index is 1.27. The molecular weight excluding hydrogens is 406 g/mol. The number of aromatic nitrogens is 1. The Hall–Kier alpha value is -2.64. The van der Waals surface area contributed by atoms with Crippen LogP contribution in [0.4, 0.5) is 0 Å². The van der Waals surface area contributed by atoms with E-state index in [4.69, 9.17) is 9.47 Å². The van der Waals surface area contributed by atoms with Crippen molar-refractivity contribution in [1.29, 1.82) is 0 Å². The Labute approximate surface area is 188 Å². The van der Waals surface area contributed by atoms with Crippen molar-refractivity contribution < 1.29 is 19.4 Å². The van der Waals surface area contributed by atoms with Crippen LogP contribution in [-0.4, -0.2) is 59.8 Å². The van der Waals surface area contributed by atoms with Crippen molar-refractivity contribution >= 4 is 5.91 Å². The lowest BCUT2D eigenvalue weighted by Gasteiger charge is -2.29. The molecular formula is C25H31N3O4. The number of carbonyl (C=O) groups excluding carboxylic acids is 1. The second kappa shape index (κ2) is 9.46. The lowest BCUT2D eigenvalue weighted by Crippen LogP contribution is -2.47. The number of carbonyl (C=O) groups is 1. The summed E-state index contributed by atoms with van der Waals surface area (Å²) in [7, 11) is 0. The molecule has 2 aliphatic heterocycles.